The number of anilines is 1. The van der Waals surface area contributed by atoms with E-state index in [1.54, 1.807) is 4.90 Å². The van der Waals surface area contributed by atoms with E-state index in [1.807, 2.05) is 55.5 Å². The summed E-state index contributed by atoms with van der Waals surface area (Å²) in [7, 11) is 0. The summed E-state index contributed by atoms with van der Waals surface area (Å²) < 4.78 is 5.70. The molecule has 1 unspecified atom stereocenters. The molecule has 2 aromatic carbocycles. The molecule has 27 heavy (non-hydrogen) atoms. The molecule has 1 N–H and O–H groups in total. The average molecular weight is 366 g/mol. The molecule has 0 saturated carbocycles. The molecule has 2 aromatic rings. The van der Waals surface area contributed by atoms with Crippen molar-refractivity contribution >= 4 is 17.5 Å². The second-order valence-corrected chi connectivity index (χ2v) is 7.02. The standard InChI is InChI=1S/C22H26N2O3/c1-4-23-22(26)20-13-17-7-5-6-8-19(17)24(20)21(25)14-27-18-11-9-16(10-12-18)15(2)3/h5-12,15,20H,4,13-14H2,1-3H3,(H,23,26). The van der Waals surface area contributed by atoms with Crippen LogP contribution in [0.15, 0.2) is 48.5 Å². The molecule has 0 spiro atoms. The summed E-state index contributed by atoms with van der Waals surface area (Å²) >= 11 is 0. The molecule has 1 atom stereocenters. The lowest BCUT2D eigenvalue weighted by atomic mass is 10.0. The minimum Gasteiger partial charge on any atom is -0.484 e. The van der Waals surface area contributed by atoms with Crippen molar-refractivity contribution < 1.29 is 14.3 Å². The molecule has 5 nitrogen and oxygen atoms in total. The van der Waals surface area contributed by atoms with E-state index in [-0.39, 0.29) is 18.4 Å². The van der Waals surface area contributed by atoms with Crippen molar-refractivity contribution in [3.05, 3.63) is 59.7 Å². The predicted octanol–water partition coefficient (Wildman–Crippen LogP) is 3.28. The second kappa shape index (κ2) is 8.25. The van der Waals surface area contributed by atoms with Gasteiger partial charge in [0.2, 0.25) is 5.91 Å². The molecule has 0 bridgehead atoms. The molecule has 0 aromatic heterocycles. The first kappa shape index (κ1) is 19.0. The topological polar surface area (TPSA) is 58.6 Å². The van der Waals surface area contributed by atoms with E-state index in [2.05, 4.69) is 19.2 Å². The molecule has 1 heterocycles. The maximum atomic E-state index is 12.9. The molecule has 1 aliphatic heterocycles. The molecule has 3 rings (SSSR count). The van der Waals surface area contributed by atoms with Crippen molar-refractivity contribution in [1.29, 1.82) is 0 Å². The Kier molecular flexibility index (Phi) is 5.79. The van der Waals surface area contributed by atoms with Crippen LogP contribution in [0, 0.1) is 0 Å². The van der Waals surface area contributed by atoms with Crippen LogP contribution in [0.25, 0.3) is 0 Å². The number of fused-ring (bicyclic) bond motifs is 1. The fourth-order valence-electron chi connectivity index (χ4n) is 3.36. The highest BCUT2D eigenvalue weighted by Crippen LogP contribution is 2.32. The Balaban J connectivity index is 1.73. The Morgan fingerprint density at radius 2 is 1.85 bits per heavy atom. The van der Waals surface area contributed by atoms with Gasteiger partial charge in [-0.25, -0.2) is 0 Å². The molecule has 0 radical (unpaired) electrons. The zero-order chi connectivity index (χ0) is 19.4. The maximum Gasteiger partial charge on any atom is 0.265 e. The van der Waals surface area contributed by atoms with E-state index in [0.29, 0.717) is 24.6 Å². The summed E-state index contributed by atoms with van der Waals surface area (Å²) in [5.41, 5.74) is 3.01. The van der Waals surface area contributed by atoms with Crippen molar-refractivity contribution in [3.8, 4) is 5.75 Å². The zero-order valence-electron chi connectivity index (χ0n) is 16.1. The fraction of sp³-hybridized carbons (Fsp3) is 0.364. The summed E-state index contributed by atoms with van der Waals surface area (Å²) in [5.74, 6) is 0.738. The second-order valence-electron chi connectivity index (χ2n) is 7.02. The van der Waals surface area contributed by atoms with Crippen LogP contribution in [-0.4, -0.2) is 31.0 Å². The average Bonchev–Trinajstić information content (AvgIpc) is 3.06. The number of likely N-dealkylation sites (N-methyl/N-ethyl adjacent to an activating group) is 1. The van der Waals surface area contributed by atoms with Crippen LogP contribution in [0.4, 0.5) is 5.69 Å². The van der Waals surface area contributed by atoms with Gasteiger partial charge in [0.05, 0.1) is 0 Å². The lowest BCUT2D eigenvalue weighted by Crippen LogP contribution is -2.49. The first-order valence-electron chi connectivity index (χ1n) is 9.41. The maximum absolute atomic E-state index is 12.9. The number of para-hydroxylation sites is 1. The number of hydrogen-bond acceptors (Lipinski definition) is 3. The summed E-state index contributed by atoms with van der Waals surface area (Å²) in [5, 5.41) is 2.82. The molecule has 0 aliphatic carbocycles. The third-order valence-electron chi connectivity index (χ3n) is 4.81. The van der Waals surface area contributed by atoms with Gasteiger partial charge in [0.15, 0.2) is 6.61 Å². The molecule has 0 saturated heterocycles. The highest BCUT2D eigenvalue weighted by molar-refractivity contribution is 6.04. The fourth-order valence-corrected chi connectivity index (χ4v) is 3.36. The number of benzene rings is 2. The van der Waals surface area contributed by atoms with Gasteiger partial charge >= 0.3 is 0 Å². The summed E-state index contributed by atoms with van der Waals surface area (Å²) in [6, 6.07) is 14.9. The van der Waals surface area contributed by atoms with Crippen LogP contribution in [0.2, 0.25) is 0 Å². The number of carbonyl (C=O) groups is 2. The highest BCUT2D eigenvalue weighted by atomic mass is 16.5. The lowest BCUT2D eigenvalue weighted by Gasteiger charge is -2.24. The van der Waals surface area contributed by atoms with E-state index in [0.717, 1.165) is 11.3 Å². The van der Waals surface area contributed by atoms with Crippen molar-refractivity contribution in [2.24, 2.45) is 0 Å². The van der Waals surface area contributed by atoms with Gasteiger partial charge in [0.25, 0.3) is 5.91 Å². The lowest BCUT2D eigenvalue weighted by molar-refractivity contribution is -0.126. The van der Waals surface area contributed by atoms with E-state index in [4.69, 9.17) is 4.74 Å². The van der Waals surface area contributed by atoms with Crippen molar-refractivity contribution in [2.45, 2.75) is 39.2 Å². The monoisotopic (exact) mass is 366 g/mol. The van der Waals surface area contributed by atoms with Gasteiger partial charge in [0, 0.05) is 18.7 Å². The van der Waals surface area contributed by atoms with Crippen molar-refractivity contribution in [2.75, 3.05) is 18.1 Å². The highest BCUT2D eigenvalue weighted by Gasteiger charge is 2.38. The van der Waals surface area contributed by atoms with Gasteiger partial charge < -0.3 is 10.1 Å². The van der Waals surface area contributed by atoms with Gasteiger partial charge in [-0.2, -0.15) is 0 Å². The number of rotatable bonds is 6. The Morgan fingerprint density at radius 1 is 1.15 bits per heavy atom. The van der Waals surface area contributed by atoms with Crippen LogP contribution >= 0.6 is 0 Å². The SMILES string of the molecule is CCNC(=O)C1Cc2ccccc2N1C(=O)COc1ccc(C(C)C)cc1. The van der Waals surface area contributed by atoms with Crippen LogP contribution in [0.3, 0.4) is 0 Å². The Hall–Kier alpha value is -2.82. The third kappa shape index (κ3) is 4.13. The van der Waals surface area contributed by atoms with Gasteiger partial charge in [-0.1, -0.05) is 44.2 Å². The zero-order valence-corrected chi connectivity index (χ0v) is 16.1. The summed E-state index contributed by atoms with van der Waals surface area (Å²) in [4.78, 5) is 26.9. The Morgan fingerprint density at radius 3 is 2.52 bits per heavy atom. The van der Waals surface area contributed by atoms with Crippen LogP contribution in [0.1, 0.15) is 37.8 Å². The first-order valence-corrected chi connectivity index (χ1v) is 9.41. The summed E-state index contributed by atoms with van der Waals surface area (Å²) in [6.07, 6.45) is 0.525. The first-order chi connectivity index (χ1) is 13.0. The van der Waals surface area contributed by atoms with E-state index < -0.39 is 6.04 Å². The van der Waals surface area contributed by atoms with E-state index in [1.165, 1.54) is 5.56 Å². The smallest absolute Gasteiger partial charge is 0.265 e. The van der Waals surface area contributed by atoms with E-state index in [9.17, 15) is 9.59 Å². The largest absolute Gasteiger partial charge is 0.484 e. The summed E-state index contributed by atoms with van der Waals surface area (Å²) in [6.45, 7) is 6.56. The Labute approximate surface area is 160 Å². The van der Waals surface area contributed by atoms with Crippen LogP contribution in [-0.2, 0) is 16.0 Å². The number of carbonyl (C=O) groups excluding carboxylic acids is 2. The van der Waals surface area contributed by atoms with Crippen LogP contribution in [0.5, 0.6) is 5.75 Å². The van der Waals surface area contributed by atoms with Crippen molar-refractivity contribution in [1.82, 2.24) is 5.32 Å². The van der Waals surface area contributed by atoms with Gasteiger partial charge in [0.1, 0.15) is 11.8 Å². The molecule has 1 aliphatic rings. The number of amides is 2. The molecule has 5 heteroatoms. The van der Waals surface area contributed by atoms with E-state index >= 15 is 0 Å². The third-order valence-corrected chi connectivity index (χ3v) is 4.81. The Bertz CT molecular complexity index is 815. The van der Waals surface area contributed by atoms with Gasteiger partial charge in [-0.15, -0.1) is 0 Å². The van der Waals surface area contributed by atoms with Crippen LogP contribution < -0.4 is 15.0 Å². The van der Waals surface area contributed by atoms with Crippen molar-refractivity contribution in [3.63, 3.8) is 0 Å². The van der Waals surface area contributed by atoms with Gasteiger partial charge in [-0.05, 0) is 42.2 Å². The molecule has 0 fully saturated rings. The minimum absolute atomic E-state index is 0.106. The molecular weight excluding hydrogens is 340 g/mol. The molecule has 142 valence electrons. The van der Waals surface area contributed by atoms with Gasteiger partial charge in [-0.3, -0.25) is 14.5 Å². The quantitative estimate of drug-likeness (QED) is 0.853. The normalized spacial score (nSPS) is 15.6. The minimum atomic E-state index is -0.526. The molecule has 2 amide bonds. The number of ether oxygens (including phenoxy) is 1. The number of hydrogen-bond donors (Lipinski definition) is 1. The predicted molar refractivity (Wildman–Crippen MR) is 106 cm³/mol. The number of nitrogens with zero attached hydrogens (tertiary/aromatic N) is 1. The number of nitrogens with one attached hydrogen (secondary N) is 1. The molecular formula is C22H26N2O3.